The maximum atomic E-state index is 12.2. The molecule has 0 aromatic rings. The summed E-state index contributed by atoms with van der Waals surface area (Å²) in [4.78, 5) is 23.7. The van der Waals surface area contributed by atoms with Crippen molar-refractivity contribution in [3.63, 3.8) is 0 Å². The topological polar surface area (TPSA) is 84.2 Å². The van der Waals surface area contributed by atoms with Crippen molar-refractivity contribution in [3.05, 3.63) is 0 Å². The van der Waals surface area contributed by atoms with E-state index in [1.54, 1.807) is 0 Å². The summed E-state index contributed by atoms with van der Waals surface area (Å²) < 4.78 is 0. The normalized spacial score (nSPS) is 18.1. The molecule has 4 N–H and O–H groups in total. The molecule has 1 saturated carbocycles. The van der Waals surface area contributed by atoms with E-state index in [2.05, 4.69) is 10.6 Å². The summed E-state index contributed by atoms with van der Waals surface area (Å²) in [6.07, 6.45) is 5.38. The zero-order chi connectivity index (χ0) is 14.3. The van der Waals surface area contributed by atoms with Crippen molar-refractivity contribution < 1.29 is 9.59 Å². The van der Waals surface area contributed by atoms with Crippen molar-refractivity contribution in [1.82, 2.24) is 10.6 Å². The molecular weight excluding hydrogens is 242 g/mol. The van der Waals surface area contributed by atoms with E-state index >= 15 is 0 Å². The van der Waals surface area contributed by atoms with E-state index in [1.807, 2.05) is 13.8 Å². The Balaban J connectivity index is 2.35. The third kappa shape index (κ3) is 4.82. The van der Waals surface area contributed by atoms with Crippen LogP contribution in [0.2, 0.25) is 0 Å². The van der Waals surface area contributed by atoms with Gasteiger partial charge >= 0.3 is 0 Å². The molecule has 1 rings (SSSR count). The summed E-state index contributed by atoms with van der Waals surface area (Å²) in [5.41, 5.74) is 5.40. The van der Waals surface area contributed by atoms with Crippen molar-refractivity contribution in [3.8, 4) is 0 Å². The highest BCUT2D eigenvalue weighted by molar-refractivity contribution is 5.84. The second-order valence-corrected chi connectivity index (χ2v) is 5.77. The third-order valence-electron chi connectivity index (χ3n) is 3.77. The minimum atomic E-state index is -0.396. The molecule has 110 valence electrons. The molecule has 0 saturated heterocycles. The van der Waals surface area contributed by atoms with Crippen molar-refractivity contribution in [2.45, 2.75) is 58.4 Å². The van der Waals surface area contributed by atoms with E-state index in [4.69, 9.17) is 5.73 Å². The Hall–Kier alpha value is -1.10. The van der Waals surface area contributed by atoms with Gasteiger partial charge in [0.15, 0.2) is 0 Å². The van der Waals surface area contributed by atoms with E-state index in [0.717, 1.165) is 25.7 Å². The van der Waals surface area contributed by atoms with E-state index < -0.39 is 5.41 Å². The van der Waals surface area contributed by atoms with Crippen LogP contribution in [0.1, 0.15) is 52.4 Å². The number of nitrogens with two attached hydrogens (primary N) is 1. The summed E-state index contributed by atoms with van der Waals surface area (Å²) >= 11 is 0. The SMILES string of the molecule is CC(C)NC(=O)CCNC(=O)C1(CN)CCCCC1. The van der Waals surface area contributed by atoms with Crippen LogP contribution in [0.3, 0.4) is 0 Å². The van der Waals surface area contributed by atoms with Crippen molar-refractivity contribution in [2.75, 3.05) is 13.1 Å². The molecule has 19 heavy (non-hydrogen) atoms. The molecule has 0 aromatic heterocycles. The quantitative estimate of drug-likeness (QED) is 0.670. The molecule has 2 amide bonds. The first-order valence-electron chi connectivity index (χ1n) is 7.28. The lowest BCUT2D eigenvalue weighted by atomic mass is 9.73. The predicted molar refractivity (Wildman–Crippen MR) is 75.5 cm³/mol. The molecule has 5 heteroatoms. The molecule has 5 nitrogen and oxygen atoms in total. The fourth-order valence-electron chi connectivity index (χ4n) is 2.62. The number of hydrogen-bond acceptors (Lipinski definition) is 3. The van der Waals surface area contributed by atoms with Crippen LogP contribution in [0.4, 0.5) is 0 Å². The monoisotopic (exact) mass is 269 g/mol. The number of carbonyl (C=O) groups is 2. The average Bonchev–Trinajstić information content (AvgIpc) is 2.38. The van der Waals surface area contributed by atoms with Crippen LogP contribution < -0.4 is 16.4 Å². The summed E-state index contributed by atoms with van der Waals surface area (Å²) in [6, 6.07) is 0.136. The van der Waals surface area contributed by atoms with E-state index in [-0.39, 0.29) is 17.9 Å². The predicted octanol–water partition coefficient (Wildman–Crippen LogP) is 0.927. The van der Waals surface area contributed by atoms with Crippen LogP contribution in [0, 0.1) is 5.41 Å². The van der Waals surface area contributed by atoms with Crippen LogP contribution in [-0.4, -0.2) is 30.9 Å². The van der Waals surface area contributed by atoms with Crippen LogP contribution in [-0.2, 0) is 9.59 Å². The Morgan fingerprint density at radius 2 is 1.84 bits per heavy atom. The Morgan fingerprint density at radius 3 is 2.37 bits per heavy atom. The molecule has 0 atom stereocenters. The van der Waals surface area contributed by atoms with E-state index in [0.29, 0.717) is 19.5 Å². The second-order valence-electron chi connectivity index (χ2n) is 5.77. The zero-order valence-corrected chi connectivity index (χ0v) is 12.1. The largest absolute Gasteiger partial charge is 0.355 e. The van der Waals surface area contributed by atoms with Gasteiger partial charge in [-0.15, -0.1) is 0 Å². The van der Waals surface area contributed by atoms with E-state index in [9.17, 15) is 9.59 Å². The number of amides is 2. The molecular formula is C14H27N3O2. The third-order valence-corrected chi connectivity index (χ3v) is 3.77. The number of carbonyl (C=O) groups excluding carboxylic acids is 2. The molecule has 0 spiro atoms. The van der Waals surface area contributed by atoms with Crippen molar-refractivity contribution in [2.24, 2.45) is 11.1 Å². The minimum absolute atomic E-state index is 0.0204. The molecule has 0 aromatic carbocycles. The maximum Gasteiger partial charge on any atom is 0.227 e. The van der Waals surface area contributed by atoms with Gasteiger partial charge in [0.25, 0.3) is 0 Å². The first-order valence-corrected chi connectivity index (χ1v) is 7.28. The van der Waals surface area contributed by atoms with Crippen molar-refractivity contribution in [1.29, 1.82) is 0 Å². The molecule has 0 aliphatic heterocycles. The van der Waals surface area contributed by atoms with Crippen LogP contribution in [0.25, 0.3) is 0 Å². The summed E-state index contributed by atoms with van der Waals surface area (Å²) in [5, 5.41) is 5.67. The van der Waals surface area contributed by atoms with Gasteiger partial charge in [0.1, 0.15) is 0 Å². The van der Waals surface area contributed by atoms with Gasteiger partial charge in [-0.05, 0) is 26.7 Å². The first kappa shape index (κ1) is 16.0. The van der Waals surface area contributed by atoms with Crippen LogP contribution >= 0.6 is 0 Å². The standard InChI is InChI=1S/C14H27N3O2/c1-11(2)17-12(18)6-9-16-13(19)14(10-15)7-4-3-5-8-14/h11H,3-10,15H2,1-2H3,(H,16,19)(H,17,18). The van der Waals surface area contributed by atoms with Crippen molar-refractivity contribution >= 4 is 11.8 Å². The highest BCUT2D eigenvalue weighted by Gasteiger charge is 2.37. The molecule has 0 heterocycles. The number of rotatable bonds is 6. The second kappa shape index (κ2) is 7.48. The first-order chi connectivity index (χ1) is 9.00. The van der Waals surface area contributed by atoms with Gasteiger partial charge in [0.2, 0.25) is 11.8 Å². The lowest BCUT2D eigenvalue weighted by molar-refractivity contribution is -0.132. The number of nitrogens with one attached hydrogen (secondary N) is 2. The Kier molecular flexibility index (Phi) is 6.28. The van der Waals surface area contributed by atoms with E-state index in [1.165, 1.54) is 6.42 Å². The van der Waals surface area contributed by atoms with Gasteiger partial charge in [-0.3, -0.25) is 9.59 Å². The molecule has 1 aliphatic carbocycles. The van der Waals surface area contributed by atoms with Gasteiger partial charge in [-0.25, -0.2) is 0 Å². The highest BCUT2D eigenvalue weighted by Crippen LogP contribution is 2.35. The maximum absolute atomic E-state index is 12.2. The van der Waals surface area contributed by atoms with Crippen LogP contribution in [0.15, 0.2) is 0 Å². The summed E-state index contributed by atoms with van der Waals surface area (Å²) in [6.45, 7) is 4.63. The van der Waals surface area contributed by atoms with Gasteiger partial charge < -0.3 is 16.4 Å². The lowest BCUT2D eigenvalue weighted by Crippen LogP contribution is -2.47. The fourth-order valence-corrected chi connectivity index (χ4v) is 2.62. The molecule has 1 aliphatic rings. The van der Waals surface area contributed by atoms with Gasteiger partial charge in [-0.1, -0.05) is 19.3 Å². The van der Waals surface area contributed by atoms with Gasteiger partial charge in [-0.2, -0.15) is 0 Å². The van der Waals surface area contributed by atoms with Gasteiger partial charge in [0, 0.05) is 25.6 Å². The molecule has 0 bridgehead atoms. The molecule has 0 unspecified atom stereocenters. The highest BCUT2D eigenvalue weighted by atomic mass is 16.2. The summed E-state index contributed by atoms with van der Waals surface area (Å²) in [7, 11) is 0. The number of hydrogen-bond donors (Lipinski definition) is 3. The minimum Gasteiger partial charge on any atom is -0.355 e. The fraction of sp³-hybridized carbons (Fsp3) is 0.857. The van der Waals surface area contributed by atoms with Gasteiger partial charge in [0.05, 0.1) is 5.41 Å². The Morgan fingerprint density at radius 1 is 1.21 bits per heavy atom. The Bertz CT molecular complexity index is 310. The Labute approximate surface area is 115 Å². The smallest absolute Gasteiger partial charge is 0.227 e. The summed E-state index contributed by atoms with van der Waals surface area (Å²) in [5.74, 6) is -0.00668. The van der Waals surface area contributed by atoms with Crippen LogP contribution in [0.5, 0.6) is 0 Å². The lowest BCUT2D eigenvalue weighted by Gasteiger charge is -2.34. The average molecular weight is 269 g/mol. The zero-order valence-electron chi connectivity index (χ0n) is 12.1. The molecule has 1 fully saturated rings. The molecule has 0 radical (unpaired) electrons.